The van der Waals surface area contributed by atoms with Gasteiger partial charge in [-0.1, -0.05) is 0 Å². The van der Waals surface area contributed by atoms with Gasteiger partial charge >= 0.3 is 0 Å². The van der Waals surface area contributed by atoms with Gasteiger partial charge in [-0.2, -0.15) is 10.4 Å². The van der Waals surface area contributed by atoms with Gasteiger partial charge in [-0.15, -0.1) is 0 Å². The van der Waals surface area contributed by atoms with Crippen LogP contribution in [-0.4, -0.2) is 87.5 Å². The van der Waals surface area contributed by atoms with E-state index in [0.717, 1.165) is 50.5 Å². The molecule has 0 radical (unpaired) electrons. The normalized spacial score (nSPS) is 26.4. The molecular formula is C30H36N8O3. The molecule has 41 heavy (non-hydrogen) atoms. The van der Waals surface area contributed by atoms with Crippen molar-refractivity contribution in [3.8, 4) is 23.1 Å². The molecule has 5 aliphatic rings. The first kappa shape index (κ1) is 26.2. The Morgan fingerprint density at radius 3 is 2.63 bits per heavy atom. The van der Waals surface area contributed by atoms with Gasteiger partial charge in [0, 0.05) is 24.2 Å². The first-order valence-corrected chi connectivity index (χ1v) is 14.5. The Bertz CT molecular complexity index is 1480. The van der Waals surface area contributed by atoms with Crippen molar-refractivity contribution in [2.24, 2.45) is 17.8 Å². The van der Waals surface area contributed by atoms with E-state index in [1.807, 2.05) is 17.2 Å². The van der Waals surface area contributed by atoms with Crippen LogP contribution >= 0.6 is 0 Å². The Hall–Kier alpha value is -3.75. The topological polar surface area (TPSA) is 121 Å². The predicted molar refractivity (Wildman–Crippen MR) is 151 cm³/mol. The highest BCUT2D eigenvalue weighted by Crippen LogP contribution is 2.52. The van der Waals surface area contributed by atoms with Crippen LogP contribution in [0.2, 0.25) is 0 Å². The minimum atomic E-state index is -0.0905. The molecule has 4 atom stereocenters. The van der Waals surface area contributed by atoms with Crippen LogP contribution in [0.25, 0.3) is 16.8 Å². The Balaban J connectivity index is 1.05. The number of carbonyl (C=O) groups is 1. The number of nitriles is 1. The number of rotatable bonds is 8. The highest BCUT2D eigenvalue weighted by Gasteiger charge is 2.53. The lowest BCUT2D eigenvalue weighted by atomic mass is 9.87. The van der Waals surface area contributed by atoms with Gasteiger partial charge in [-0.25, -0.2) is 9.50 Å². The van der Waals surface area contributed by atoms with Crippen molar-refractivity contribution in [1.82, 2.24) is 29.8 Å². The van der Waals surface area contributed by atoms with Crippen LogP contribution in [0.3, 0.4) is 0 Å². The summed E-state index contributed by atoms with van der Waals surface area (Å²) in [6.45, 7) is 10.4. The summed E-state index contributed by atoms with van der Waals surface area (Å²) in [5.74, 6) is 3.75. The summed E-state index contributed by atoms with van der Waals surface area (Å²) in [5.41, 5.74) is 2.49. The van der Waals surface area contributed by atoms with Crippen molar-refractivity contribution in [2.45, 2.75) is 51.2 Å². The van der Waals surface area contributed by atoms with E-state index in [-0.39, 0.29) is 23.5 Å². The molecule has 3 aromatic rings. The second-order valence-corrected chi connectivity index (χ2v) is 12.8. The summed E-state index contributed by atoms with van der Waals surface area (Å²) in [7, 11) is 0. The third kappa shape index (κ3) is 4.89. The van der Waals surface area contributed by atoms with Gasteiger partial charge < -0.3 is 24.6 Å². The SMILES string of the molecule is CC(C)(C)NCC(=O)N1C2CC1CN(c1cnc(-c3cc(OCCC4C5COCC45)cn4ncc(C#N)c34)cn1)C2. The number of nitrogens with one attached hydrogen (secondary N) is 1. The molecule has 11 heteroatoms. The highest BCUT2D eigenvalue weighted by atomic mass is 16.5. The smallest absolute Gasteiger partial charge is 0.237 e. The minimum Gasteiger partial charge on any atom is -0.492 e. The van der Waals surface area contributed by atoms with Crippen molar-refractivity contribution in [1.29, 1.82) is 5.26 Å². The number of nitrogens with zero attached hydrogens (tertiary/aromatic N) is 7. The summed E-state index contributed by atoms with van der Waals surface area (Å²) < 4.78 is 13.4. The van der Waals surface area contributed by atoms with E-state index < -0.39 is 0 Å². The lowest BCUT2D eigenvalue weighted by molar-refractivity contribution is -0.145. The molecular weight excluding hydrogens is 520 g/mol. The fraction of sp³-hybridized carbons (Fsp3) is 0.567. The number of carbonyl (C=O) groups excluding carboxylic acids is 1. The number of aromatic nitrogens is 4. The summed E-state index contributed by atoms with van der Waals surface area (Å²) in [6.07, 6.45) is 8.97. The van der Waals surface area contributed by atoms with Crippen LogP contribution in [-0.2, 0) is 9.53 Å². The number of hydrogen-bond donors (Lipinski definition) is 1. The molecule has 214 valence electrons. The zero-order valence-electron chi connectivity index (χ0n) is 23.8. The van der Waals surface area contributed by atoms with Crippen LogP contribution in [0, 0.1) is 29.1 Å². The molecule has 4 aliphatic heterocycles. The van der Waals surface area contributed by atoms with Crippen molar-refractivity contribution in [3.05, 3.63) is 36.4 Å². The van der Waals surface area contributed by atoms with E-state index in [1.165, 1.54) is 0 Å². The number of anilines is 1. The average molecular weight is 557 g/mol. The first-order chi connectivity index (χ1) is 19.8. The van der Waals surface area contributed by atoms with Gasteiger partial charge in [0.15, 0.2) is 0 Å². The Morgan fingerprint density at radius 1 is 1.17 bits per heavy atom. The maximum atomic E-state index is 12.8. The number of amides is 1. The molecule has 3 aromatic heterocycles. The fourth-order valence-electron chi connectivity index (χ4n) is 6.81. The van der Waals surface area contributed by atoms with Gasteiger partial charge in [0.2, 0.25) is 5.91 Å². The molecule has 1 N–H and O–H groups in total. The minimum absolute atomic E-state index is 0.0905. The number of ether oxygens (including phenoxy) is 2. The number of hydrogen-bond acceptors (Lipinski definition) is 9. The standard InChI is InChI=1S/C30H36N8O3/c1-30(2,3)34-12-28(39)38-19-6-20(38)14-36(13-19)27-11-32-26(10-33-27)23-7-21(15-37-29(23)18(8-31)9-35-37)41-5-4-22-24-16-40-17-25(22)24/h7,9-11,15,19-20,22,24-25,34H,4-6,12-14,16-17H2,1-3H3. The van der Waals surface area contributed by atoms with Crippen LogP contribution in [0.5, 0.6) is 5.75 Å². The Morgan fingerprint density at radius 2 is 1.95 bits per heavy atom. The number of pyridine rings is 1. The first-order valence-electron chi connectivity index (χ1n) is 14.5. The van der Waals surface area contributed by atoms with Crippen LogP contribution in [0.1, 0.15) is 39.2 Å². The lowest BCUT2D eigenvalue weighted by Crippen LogP contribution is -2.71. The monoisotopic (exact) mass is 556 g/mol. The van der Waals surface area contributed by atoms with Crippen molar-refractivity contribution in [3.63, 3.8) is 0 Å². The largest absolute Gasteiger partial charge is 0.492 e. The quantitative estimate of drug-likeness (QED) is 0.446. The van der Waals surface area contributed by atoms with E-state index >= 15 is 0 Å². The van der Waals surface area contributed by atoms with Crippen LogP contribution < -0.4 is 15.0 Å². The highest BCUT2D eigenvalue weighted by molar-refractivity contribution is 5.83. The molecule has 0 aromatic carbocycles. The van der Waals surface area contributed by atoms with Crippen LogP contribution in [0.4, 0.5) is 5.82 Å². The van der Waals surface area contributed by atoms with E-state index in [9.17, 15) is 10.1 Å². The van der Waals surface area contributed by atoms with Crippen molar-refractivity contribution < 1.29 is 14.3 Å². The van der Waals surface area contributed by atoms with Crippen molar-refractivity contribution in [2.75, 3.05) is 44.4 Å². The van der Waals surface area contributed by atoms with E-state index in [2.05, 4.69) is 42.2 Å². The van der Waals surface area contributed by atoms with Crippen molar-refractivity contribution >= 4 is 17.2 Å². The second-order valence-electron chi connectivity index (χ2n) is 12.8. The maximum absolute atomic E-state index is 12.8. The molecule has 7 heterocycles. The summed E-state index contributed by atoms with van der Waals surface area (Å²) >= 11 is 0. The Labute approximate surface area is 239 Å². The predicted octanol–water partition coefficient (Wildman–Crippen LogP) is 2.50. The molecule has 0 spiro atoms. The van der Waals surface area contributed by atoms with E-state index in [1.54, 1.807) is 23.1 Å². The van der Waals surface area contributed by atoms with E-state index in [0.29, 0.717) is 53.4 Å². The summed E-state index contributed by atoms with van der Waals surface area (Å²) in [6, 6.07) is 4.58. The molecule has 5 fully saturated rings. The molecule has 4 unspecified atom stereocenters. The van der Waals surface area contributed by atoms with Gasteiger partial charge in [-0.05, 0) is 57.4 Å². The van der Waals surface area contributed by atoms with Gasteiger partial charge in [-0.3, -0.25) is 9.78 Å². The molecule has 11 nitrogen and oxygen atoms in total. The molecule has 4 saturated heterocycles. The molecule has 1 aliphatic carbocycles. The third-order valence-corrected chi connectivity index (χ3v) is 9.05. The van der Waals surface area contributed by atoms with Gasteiger partial charge in [0.1, 0.15) is 17.6 Å². The molecule has 1 saturated carbocycles. The fourth-order valence-corrected chi connectivity index (χ4v) is 6.81. The third-order valence-electron chi connectivity index (χ3n) is 9.05. The summed E-state index contributed by atoms with van der Waals surface area (Å²) in [4.78, 5) is 26.6. The zero-order valence-corrected chi connectivity index (χ0v) is 23.8. The zero-order chi connectivity index (χ0) is 28.3. The maximum Gasteiger partial charge on any atom is 0.237 e. The van der Waals surface area contributed by atoms with Crippen LogP contribution in [0.15, 0.2) is 30.9 Å². The number of fused-ring (bicyclic) bond motifs is 4. The van der Waals surface area contributed by atoms with E-state index in [4.69, 9.17) is 19.4 Å². The van der Waals surface area contributed by atoms with Gasteiger partial charge in [0.25, 0.3) is 0 Å². The average Bonchev–Trinajstić information content (AvgIpc) is 3.28. The molecule has 1 amide bonds. The van der Waals surface area contributed by atoms with Gasteiger partial charge in [0.05, 0.1) is 80.0 Å². The number of piperidine rings is 1. The Kier molecular flexibility index (Phi) is 6.36. The second kappa shape index (κ2) is 9.96. The molecule has 8 rings (SSSR count). The number of piperazine rings is 1. The molecule has 2 bridgehead atoms. The lowest BCUT2D eigenvalue weighted by Gasteiger charge is -2.56. The summed E-state index contributed by atoms with van der Waals surface area (Å²) in [5, 5.41) is 17.4.